The van der Waals surface area contributed by atoms with E-state index in [1.54, 1.807) is 0 Å². The molecule has 2 aromatic heterocycles. The van der Waals surface area contributed by atoms with E-state index in [0.717, 1.165) is 146 Å². The molecule has 0 bridgehead atoms. The fourth-order valence-electron chi connectivity index (χ4n) is 16.1. The lowest BCUT2D eigenvalue weighted by molar-refractivity contribution is 0.668. The largest absolute Gasteiger partial charge is 0.456 e. The summed E-state index contributed by atoms with van der Waals surface area (Å²) in [4.78, 5) is 10.3. The highest BCUT2D eigenvalue weighted by Crippen LogP contribution is 2.56. The van der Waals surface area contributed by atoms with Crippen LogP contribution in [0.5, 0.6) is 0 Å². The molecular weight excluding hydrogens is 1120 g/mol. The summed E-state index contributed by atoms with van der Waals surface area (Å²) in [6.07, 6.45) is 0. The monoisotopic (exact) mass is 1170 g/mol. The molecule has 0 aliphatic carbocycles. The topological polar surface area (TPSA) is 39.2 Å². The Bertz CT molecular complexity index is 5640. The number of para-hydroxylation sites is 8. The Morgan fingerprint density at radius 2 is 0.609 bits per heavy atom. The quantitative estimate of drug-likeness (QED) is 0.148. The van der Waals surface area contributed by atoms with Crippen LogP contribution < -0.4 is 52.4 Å². The number of anilines is 12. The lowest BCUT2D eigenvalue weighted by Crippen LogP contribution is -2.65. The van der Waals surface area contributed by atoms with Crippen molar-refractivity contribution < 1.29 is 8.83 Å². The predicted octanol–water partition coefficient (Wildman–Crippen LogP) is 18.7. The summed E-state index contributed by atoms with van der Waals surface area (Å²) in [7, 11) is 0. The van der Waals surface area contributed by atoms with Gasteiger partial charge in [0.25, 0.3) is 13.4 Å². The number of rotatable bonds is 7. The Kier molecular flexibility index (Phi) is 10.9. The second kappa shape index (κ2) is 19.8. The van der Waals surface area contributed by atoms with E-state index in [0.29, 0.717) is 0 Å². The standard InChI is InChI=1S/C84H52B2N4O2/c1-6-27-53(28-7-1)58-37-16-21-44-67(58)89-70-50-71-66(49-65(70)85-63-42-19-22-45-68(63)87(56-33-12-4-13-34-56)83-78-61-38-17-24-47-74(61)91-76(78)51-72(89)80(83)85)86-64-43-20-23-46-69(64)88(57-35-14-5-15-36-57)84-79-62-39-18-25-48-75(62)92-77(79)52-73(81(84)86)90(71)82-59(54-29-8-2-9-30-54)40-26-41-60(82)55-31-10-3-11-32-55/h1-52H. The maximum absolute atomic E-state index is 7.26. The first-order valence-corrected chi connectivity index (χ1v) is 31.7. The average Bonchev–Trinajstić information content (AvgIpc) is 1.00. The molecule has 0 unspecified atom stereocenters. The van der Waals surface area contributed by atoms with Crippen molar-refractivity contribution in [3.8, 4) is 33.4 Å². The van der Waals surface area contributed by atoms with Gasteiger partial charge in [-0.2, -0.15) is 0 Å². The molecule has 0 saturated heterocycles. The van der Waals surface area contributed by atoms with Crippen molar-refractivity contribution in [3.63, 3.8) is 0 Å². The molecule has 6 heterocycles. The van der Waals surface area contributed by atoms with E-state index in [-0.39, 0.29) is 13.4 Å². The average molecular weight is 1170 g/mol. The second-order valence-corrected chi connectivity index (χ2v) is 24.5. The molecule has 20 rings (SSSR count). The Morgan fingerprint density at radius 3 is 1.11 bits per heavy atom. The SMILES string of the molecule is c1ccc(-c2ccccc2N2c3cc4c(cc3B3c5ccccc5N(c5ccccc5)c5c3c2cc2oc3ccccc3c52)B2c3ccccc3N(c3ccccc3)c3c2c(cc2oc5ccccc5c32)N4c2c(-c3ccccc3)cccc2-c2ccccc2)cc1. The van der Waals surface area contributed by atoms with E-state index in [2.05, 4.69) is 335 Å². The second-order valence-electron chi connectivity index (χ2n) is 24.5. The first-order valence-electron chi connectivity index (χ1n) is 31.7. The molecule has 4 aliphatic heterocycles. The van der Waals surface area contributed by atoms with Gasteiger partial charge in [-0.1, -0.05) is 243 Å². The summed E-state index contributed by atoms with van der Waals surface area (Å²) in [5.74, 6) is 0. The van der Waals surface area contributed by atoms with Crippen LogP contribution in [0.25, 0.3) is 77.3 Å². The third-order valence-electron chi connectivity index (χ3n) is 19.8. The van der Waals surface area contributed by atoms with E-state index in [9.17, 15) is 0 Å². The summed E-state index contributed by atoms with van der Waals surface area (Å²) < 4.78 is 14.5. The summed E-state index contributed by atoms with van der Waals surface area (Å²) in [6.45, 7) is -0.485. The molecule has 426 valence electrons. The molecule has 0 fully saturated rings. The van der Waals surface area contributed by atoms with Crippen molar-refractivity contribution in [3.05, 3.63) is 315 Å². The van der Waals surface area contributed by atoms with Crippen LogP contribution in [0.3, 0.4) is 0 Å². The number of hydrogen-bond acceptors (Lipinski definition) is 6. The molecule has 6 nitrogen and oxygen atoms in total. The molecule has 0 saturated carbocycles. The van der Waals surface area contributed by atoms with E-state index >= 15 is 0 Å². The molecule has 0 radical (unpaired) electrons. The molecule has 0 spiro atoms. The van der Waals surface area contributed by atoms with E-state index in [1.165, 1.54) is 32.8 Å². The van der Waals surface area contributed by atoms with Crippen molar-refractivity contribution in [2.45, 2.75) is 0 Å². The van der Waals surface area contributed by atoms with Crippen LogP contribution in [0.2, 0.25) is 0 Å². The zero-order valence-electron chi connectivity index (χ0n) is 49.8. The smallest absolute Gasteiger partial charge is 0.252 e. The van der Waals surface area contributed by atoms with Crippen LogP contribution in [-0.4, -0.2) is 13.4 Å². The summed E-state index contributed by atoms with van der Waals surface area (Å²) in [5.41, 5.74) is 30.5. The maximum Gasteiger partial charge on any atom is 0.252 e. The highest BCUT2D eigenvalue weighted by molar-refractivity contribution is 7.03. The molecule has 0 atom stereocenters. The van der Waals surface area contributed by atoms with E-state index in [4.69, 9.17) is 8.83 Å². The van der Waals surface area contributed by atoms with E-state index < -0.39 is 0 Å². The third kappa shape index (κ3) is 7.23. The third-order valence-corrected chi connectivity index (χ3v) is 19.8. The van der Waals surface area contributed by atoms with Gasteiger partial charge in [0.15, 0.2) is 0 Å². The molecule has 0 N–H and O–H groups in total. The van der Waals surface area contributed by atoms with Crippen LogP contribution in [0.15, 0.2) is 324 Å². The summed E-state index contributed by atoms with van der Waals surface area (Å²) in [5, 5.41) is 4.34. The van der Waals surface area contributed by atoms with Crippen molar-refractivity contribution >= 4 is 158 Å². The number of furan rings is 2. The first-order chi connectivity index (χ1) is 45.7. The van der Waals surface area contributed by atoms with Crippen molar-refractivity contribution in [1.29, 1.82) is 0 Å². The van der Waals surface area contributed by atoms with Gasteiger partial charge in [0.2, 0.25) is 0 Å². The van der Waals surface area contributed by atoms with Gasteiger partial charge in [-0.15, -0.1) is 0 Å². The Morgan fingerprint density at radius 1 is 0.228 bits per heavy atom. The fourth-order valence-corrected chi connectivity index (χ4v) is 16.1. The minimum atomic E-state index is -0.249. The predicted molar refractivity (Wildman–Crippen MR) is 385 cm³/mol. The molecule has 14 aromatic carbocycles. The van der Waals surface area contributed by atoms with Crippen molar-refractivity contribution in [2.24, 2.45) is 0 Å². The summed E-state index contributed by atoms with van der Waals surface area (Å²) >= 11 is 0. The van der Waals surface area contributed by atoms with Gasteiger partial charge in [-0.3, -0.25) is 0 Å². The summed E-state index contributed by atoms with van der Waals surface area (Å²) in [6, 6.07) is 116. The van der Waals surface area contributed by atoms with Crippen LogP contribution >= 0.6 is 0 Å². The van der Waals surface area contributed by atoms with Crippen molar-refractivity contribution in [1.82, 2.24) is 0 Å². The molecule has 4 aliphatic rings. The highest BCUT2D eigenvalue weighted by atomic mass is 16.3. The van der Waals surface area contributed by atoms with Crippen LogP contribution in [0, 0.1) is 0 Å². The lowest BCUT2D eigenvalue weighted by atomic mass is 9.30. The first kappa shape index (κ1) is 51.0. The lowest BCUT2D eigenvalue weighted by Gasteiger charge is -2.48. The van der Waals surface area contributed by atoms with Gasteiger partial charge in [-0.05, 0) is 110 Å². The zero-order chi connectivity index (χ0) is 60.1. The number of fused-ring (bicyclic) bond motifs is 16. The maximum atomic E-state index is 7.26. The fraction of sp³-hybridized carbons (Fsp3) is 0. The molecular formula is C84H52B2N4O2. The van der Waals surface area contributed by atoms with Gasteiger partial charge < -0.3 is 28.4 Å². The Labute approximate surface area is 532 Å². The Balaban J connectivity index is 0.992. The van der Waals surface area contributed by atoms with Crippen molar-refractivity contribution in [2.75, 3.05) is 19.6 Å². The minimum Gasteiger partial charge on any atom is -0.456 e. The number of hydrogen-bond donors (Lipinski definition) is 0. The van der Waals surface area contributed by atoms with Crippen LogP contribution in [0.4, 0.5) is 68.2 Å². The van der Waals surface area contributed by atoms with Crippen LogP contribution in [0.1, 0.15) is 0 Å². The Hall–Kier alpha value is -12.0. The number of benzene rings is 14. The van der Waals surface area contributed by atoms with Gasteiger partial charge in [0.05, 0.1) is 33.5 Å². The highest BCUT2D eigenvalue weighted by Gasteiger charge is 2.50. The number of nitrogens with zero attached hydrogens (tertiary/aromatic N) is 4. The van der Waals surface area contributed by atoms with Gasteiger partial charge in [-0.25, -0.2) is 0 Å². The molecule has 16 aromatic rings. The molecule has 0 amide bonds. The van der Waals surface area contributed by atoms with Gasteiger partial charge in [0, 0.05) is 85.1 Å². The minimum absolute atomic E-state index is 0.236. The van der Waals surface area contributed by atoms with Crippen LogP contribution in [-0.2, 0) is 0 Å². The normalized spacial score (nSPS) is 13.3. The van der Waals surface area contributed by atoms with Gasteiger partial charge >= 0.3 is 0 Å². The van der Waals surface area contributed by atoms with E-state index in [1.807, 2.05) is 0 Å². The molecule has 8 heteroatoms. The molecule has 92 heavy (non-hydrogen) atoms. The van der Waals surface area contributed by atoms with Gasteiger partial charge in [0.1, 0.15) is 22.3 Å². The zero-order valence-corrected chi connectivity index (χ0v) is 49.8.